The Kier molecular flexibility index (Phi) is 5.29. The van der Waals surface area contributed by atoms with Gasteiger partial charge in [0.25, 0.3) is 0 Å². The monoisotopic (exact) mass is 223 g/mol. The third kappa shape index (κ3) is 3.83. The molecule has 0 fully saturated rings. The molecule has 0 spiro atoms. The second-order valence-corrected chi connectivity index (χ2v) is 4.13. The van der Waals surface area contributed by atoms with E-state index in [-0.39, 0.29) is 11.8 Å². The van der Waals surface area contributed by atoms with E-state index in [0.717, 1.165) is 24.9 Å². The third-order valence-corrected chi connectivity index (χ3v) is 2.70. The van der Waals surface area contributed by atoms with Gasteiger partial charge in [-0.15, -0.1) is 0 Å². The molecule has 0 amide bonds. The minimum Gasteiger partial charge on any atom is -0.508 e. The molecule has 0 aliphatic rings. The van der Waals surface area contributed by atoms with Crippen LogP contribution in [0.1, 0.15) is 38.4 Å². The molecule has 0 saturated heterocycles. The molecule has 2 atom stereocenters. The summed E-state index contributed by atoms with van der Waals surface area (Å²) in [4.78, 5) is 0. The molecule has 0 heterocycles. The van der Waals surface area contributed by atoms with Crippen LogP contribution in [0.15, 0.2) is 24.3 Å². The Morgan fingerprint density at radius 2 is 1.88 bits per heavy atom. The first-order valence-electron chi connectivity index (χ1n) is 5.85. The Labute approximate surface area is 97.1 Å². The summed E-state index contributed by atoms with van der Waals surface area (Å²) in [6, 6.07) is 6.71. The number of benzene rings is 1. The van der Waals surface area contributed by atoms with Crippen molar-refractivity contribution in [3.63, 3.8) is 0 Å². The van der Waals surface area contributed by atoms with E-state index >= 15 is 0 Å². The van der Waals surface area contributed by atoms with E-state index in [1.54, 1.807) is 24.3 Å². The summed E-state index contributed by atoms with van der Waals surface area (Å²) in [7, 11) is 0. The normalized spacial score (nSPS) is 14.7. The molecule has 90 valence electrons. The first-order chi connectivity index (χ1) is 7.65. The number of phenolic OH excluding ortho intramolecular Hbond substituents is 1. The number of aliphatic hydroxyl groups excluding tert-OH is 1. The number of rotatable bonds is 6. The van der Waals surface area contributed by atoms with E-state index in [4.69, 9.17) is 5.11 Å². The van der Waals surface area contributed by atoms with Crippen LogP contribution >= 0.6 is 0 Å². The zero-order valence-corrected chi connectivity index (χ0v) is 9.98. The lowest BCUT2D eigenvalue weighted by atomic mass is 10.0. The summed E-state index contributed by atoms with van der Waals surface area (Å²) >= 11 is 0. The van der Waals surface area contributed by atoms with E-state index in [1.807, 2.05) is 6.92 Å². The Morgan fingerprint density at radius 3 is 2.44 bits per heavy atom. The maximum atomic E-state index is 10.0. The predicted octanol–water partition coefficient (Wildman–Crippen LogP) is 2.20. The fourth-order valence-electron chi connectivity index (χ4n) is 1.58. The lowest BCUT2D eigenvalue weighted by Crippen LogP contribution is -2.32. The number of unbranched alkanes of at least 4 members (excludes halogenated alkanes) is 1. The van der Waals surface area contributed by atoms with Gasteiger partial charge in [-0.1, -0.05) is 25.5 Å². The maximum Gasteiger partial charge on any atom is 0.115 e. The molecule has 0 aliphatic carbocycles. The van der Waals surface area contributed by atoms with Gasteiger partial charge in [-0.2, -0.15) is 0 Å². The van der Waals surface area contributed by atoms with Crippen LogP contribution in [0.4, 0.5) is 0 Å². The Balaban J connectivity index is 2.49. The highest BCUT2D eigenvalue weighted by molar-refractivity contribution is 5.27. The molecule has 3 N–H and O–H groups in total. The Hall–Kier alpha value is -1.06. The third-order valence-electron chi connectivity index (χ3n) is 2.70. The van der Waals surface area contributed by atoms with Gasteiger partial charge in [0, 0.05) is 6.04 Å². The summed E-state index contributed by atoms with van der Waals surface area (Å²) in [5.41, 5.74) is 0.828. The molecule has 3 heteroatoms. The van der Waals surface area contributed by atoms with E-state index in [0.29, 0.717) is 0 Å². The van der Waals surface area contributed by atoms with Gasteiger partial charge in [-0.3, -0.25) is 0 Å². The van der Waals surface area contributed by atoms with Gasteiger partial charge in [-0.25, -0.2) is 0 Å². The van der Waals surface area contributed by atoms with Gasteiger partial charge in [0.15, 0.2) is 0 Å². The average molecular weight is 223 g/mol. The first-order valence-corrected chi connectivity index (χ1v) is 5.85. The van der Waals surface area contributed by atoms with Crippen LogP contribution in [0, 0.1) is 0 Å². The van der Waals surface area contributed by atoms with Gasteiger partial charge < -0.3 is 15.5 Å². The van der Waals surface area contributed by atoms with Crippen molar-refractivity contribution in [1.29, 1.82) is 0 Å². The van der Waals surface area contributed by atoms with Crippen LogP contribution in [0.3, 0.4) is 0 Å². The molecule has 16 heavy (non-hydrogen) atoms. The van der Waals surface area contributed by atoms with Crippen LogP contribution in [0.5, 0.6) is 5.75 Å². The second kappa shape index (κ2) is 6.51. The van der Waals surface area contributed by atoms with Crippen molar-refractivity contribution >= 4 is 0 Å². The number of aliphatic hydroxyl groups is 1. The van der Waals surface area contributed by atoms with Crippen LogP contribution in [-0.2, 0) is 0 Å². The summed E-state index contributed by atoms with van der Waals surface area (Å²) in [5, 5.41) is 22.5. The first kappa shape index (κ1) is 13.0. The highest BCUT2D eigenvalue weighted by Crippen LogP contribution is 2.19. The van der Waals surface area contributed by atoms with Gasteiger partial charge in [0.1, 0.15) is 5.75 Å². The summed E-state index contributed by atoms with van der Waals surface area (Å²) in [5.74, 6) is 0.225. The quantitative estimate of drug-likeness (QED) is 0.648. The molecule has 1 aromatic rings. The zero-order valence-electron chi connectivity index (χ0n) is 9.98. The zero-order chi connectivity index (χ0) is 12.0. The van der Waals surface area contributed by atoms with Gasteiger partial charge in [-0.05, 0) is 37.6 Å². The maximum absolute atomic E-state index is 10.0. The fraction of sp³-hybridized carbons (Fsp3) is 0.538. The minimum absolute atomic E-state index is 0.0242. The van der Waals surface area contributed by atoms with Gasteiger partial charge >= 0.3 is 0 Å². The molecule has 1 rings (SSSR count). The van der Waals surface area contributed by atoms with Crippen molar-refractivity contribution in [3.05, 3.63) is 29.8 Å². The largest absolute Gasteiger partial charge is 0.508 e. The Morgan fingerprint density at radius 1 is 1.25 bits per heavy atom. The van der Waals surface area contributed by atoms with E-state index in [1.165, 1.54) is 0 Å². The Bertz CT molecular complexity index is 297. The van der Waals surface area contributed by atoms with Crippen molar-refractivity contribution in [1.82, 2.24) is 5.32 Å². The highest BCUT2D eigenvalue weighted by Gasteiger charge is 2.15. The molecule has 0 aromatic heterocycles. The highest BCUT2D eigenvalue weighted by atomic mass is 16.3. The molecule has 0 bridgehead atoms. The summed E-state index contributed by atoms with van der Waals surface area (Å²) in [6.45, 7) is 5.03. The summed E-state index contributed by atoms with van der Waals surface area (Å²) in [6.07, 6.45) is 1.74. The van der Waals surface area contributed by atoms with Crippen molar-refractivity contribution in [3.8, 4) is 5.75 Å². The smallest absolute Gasteiger partial charge is 0.115 e. The van der Waals surface area contributed by atoms with Crippen molar-refractivity contribution < 1.29 is 10.2 Å². The lowest BCUT2D eigenvalue weighted by molar-refractivity contribution is 0.136. The van der Waals surface area contributed by atoms with Crippen LogP contribution in [0.2, 0.25) is 0 Å². The molecule has 0 radical (unpaired) electrons. The van der Waals surface area contributed by atoms with Crippen molar-refractivity contribution in [2.24, 2.45) is 0 Å². The van der Waals surface area contributed by atoms with Crippen molar-refractivity contribution in [2.45, 2.75) is 38.8 Å². The number of hydrogen-bond donors (Lipinski definition) is 3. The lowest BCUT2D eigenvalue weighted by Gasteiger charge is -2.20. The number of aromatic hydroxyl groups is 1. The summed E-state index contributed by atoms with van der Waals surface area (Å²) < 4.78 is 0. The molecule has 0 aliphatic heterocycles. The SMILES string of the molecule is CCCCNC(C)C(O)c1ccc(O)cc1. The average Bonchev–Trinajstić information content (AvgIpc) is 2.29. The van der Waals surface area contributed by atoms with E-state index < -0.39 is 6.10 Å². The number of phenols is 1. The topological polar surface area (TPSA) is 52.5 Å². The fourth-order valence-corrected chi connectivity index (χ4v) is 1.58. The standard InChI is InChI=1S/C13H21NO2/c1-3-4-9-14-10(2)13(16)11-5-7-12(15)8-6-11/h5-8,10,13-16H,3-4,9H2,1-2H3. The molecule has 1 aromatic carbocycles. The van der Waals surface area contributed by atoms with E-state index in [2.05, 4.69) is 12.2 Å². The number of nitrogens with one attached hydrogen (secondary N) is 1. The molecular weight excluding hydrogens is 202 g/mol. The van der Waals surface area contributed by atoms with E-state index in [9.17, 15) is 5.11 Å². The minimum atomic E-state index is -0.530. The van der Waals surface area contributed by atoms with Gasteiger partial charge in [0.2, 0.25) is 0 Å². The molecular formula is C13H21NO2. The van der Waals surface area contributed by atoms with Crippen LogP contribution in [0.25, 0.3) is 0 Å². The molecule has 0 saturated carbocycles. The second-order valence-electron chi connectivity index (χ2n) is 4.13. The van der Waals surface area contributed by atoms with Crippen LogP contribution < -0.4 is 5.32 Å². The molecule has 3 nitrogen and oxygen atoms in total. The number of hydrogen-bond acceptors (Lipinski definition) is 3. The van der Waals surface area contributed by atoms with Crippen LogP contribution in [-0.4, -0.2) is 22.8 Å². The predicted molar refractivity (Wildman–Crippen MR) is 65.4 cm³/mol. The van der Waals surface area contributed by atoms with Gasteiger partial charge in [0.05, 0.1) is 6.10 Å². The van der Waals surface area contributed by atoms with Crippen molar-refractivity contribution in [2.75, 3.05) is 6.54 Å². The molecule has 2 unspecified atom stereocenters.